The molecule has 0 aliphatic rings. The maximum atomic E-state index is 13.0. The van der Waals surface area contributed by atoms with Crippen molar-refractivity contribution in [3.05, 3.63) is 75.8 Å². The molecule has 22 heavy (non-hydrogen) atoms. The third-order valence-corrected chi connectivity index (χ3v) is 3.51. The number of hydrogen-bond acceptors (Lipinski definition) is 3. The van der Waals surface area contributed by atoms with Crippen LogP contribution in [0.15, 0.2) is 58.4 Å². The van der Waals surface area contributed by atoms with Crippen molar-refractivity contribution in [1.29, 1.82) is 0 Å². The van der Waals surface area contributed by atoms with Crippen LogP contribution in [0.3, 0.4) is 0 Å². The number of hydrazone groups is 1. The Morgan fingerprint density at radius 1 is 1.14 bits per heavy atom. The Morgan fingerprint density at radius 3 is 2.59 bits per heavy atom. The Hall–Kier alpha value is -2.95. The Balaban J connectivity index is 2.16. The van der Waals surface area contributed by atoms with Crippen molar-refractivity contribution in [1.82, 2.24) is 4.98 Å². The number of fused-ring (bicyclic) bond motifs is 1. The largest absolute Gasteiger partial charge is 0.322 e. The summed E-state index contributed by atoms with van der Waals surface area (Å²) in [6.45, 7) is 3.43. The maximum Gasteiger partial charge on any atom is 0.254 e. The summed E-state index contributed by atoms with van der Waals surface area (Å²) >= 11 is 0. The fourth-order valence-electron chi connectivity index (χ4n) is 2.47. The van der Waals surface area contributed by atoms with E-state index in [9.17, 15) is 9.18 Å². The second kappa shape index (κ2) is 5.81. The van der Waals surface area contributed by atoms with Gasteiger partial charge in [0.05, 0.1) is 11.2 Å². The van der Waals surface area contributed by atoms with E-state index in [1.807, 2.05) is 24.3 Å². The van der Waals surface area contributed by atoms with Gasteiger partial charge in [-0.1, -0.05) is 30.3 Å². The van der Waals surface area contributed by atoms with E-state index in [4.69, 9.17) is 0 Å². The minimum absolute atomic E-state index is 0.200. The first-order chi connectivity index (χ1) is 10.7. The molecule has 3 aromatic rings. The van der Waals surface area contributed by atoms with Crippen LogP contribution in [0.5, 0.6) is 0 Å². The molecule has 0 bridgehead atoms. The van der Waals surface area contributed by atoms with E-state index < -0.39 is 0 Å². The van der Waals surface area contributed by atoms with Crippen molar-refractivity contribution in [2.75, 3.05) is 5.43 Å². The van der Waals surface area contributed by atoms with Crippen LogP contribution in [0.4, 0.5) is 10.1 Å². The Labute approximate surface area is 126 Å². The van der Waals surface area contributed by atoms with Gasteiger partial charge < -0.3 is 4.98 Å². The second-order valence-electron chi connectivity index (χ2n) is 4.93. The highest BCUT2D eigenvalue weighted by atomic mass is 19.1. The predicted octanol–water partition coefficient (Wildman–Crippen LogP) is 3.29. The standard InChI is InChI=1S/C17H14FN3O/c1-19-21-16-13-4-2-3-5-15(13)20-17(22)14(16)10-11-6-8-12(18)9-7-11/h2-9H,1,10H2,(H2,20,21,22). The zero-order chi connectivity index (χ0) is 15.5. The number of anilines is 1. The number of halogens is 1. The highest BCUT2D eigenvalue weighted by Crippen LogP contribution is 2.25. The van der Waals surface area contributed by atoms with Crippen molar-refractivity contribution in [3.63, 3.8) is 0 Å². The molecule has 110 valence electrons. The Bertz CT molecular complexity index is 885. The van der Waals surface area contributed by atoms with Gasteiger partial charge in [0.2, 0.25) is 0 Å². The number of para-hydroxylation sites is 1. The van der Waals surface area contributed by atoms with E-state index in [1.54, 1.807) is 12.1 Å². The number of pyridine rings is 1. The van der Waals surface area contributed by atoms with Crippen LogP contribution in [-0.2, 0) is 6.42 Å². The number of aromatic amines is 1. The lowest BCUT2D eigenvalue weighted by Gasteiger charge is -2.11. The molecule has 0 amide bonds. The molecule has 0 aliphatic heterocycles. The van der Waals surface area contributed by atoms with Crippen molar-refractivity contribution in [3.8, 4) is 0 Å². The number of nitrogens with zero attached hydrogens (tertiary/aromatic N) is 1. The molecule has 5 heteroatoms. The Kier molecular flexibility index (Phi) is 3.70. The van der Waals surface area contributed by atoms with Gasteiger partial charge in [-0.2, -0.15) is 5.10 Å². The lowest BCUT2D eigenvalue weighted by molar-refractivity contribution is 0.627. The minimum Gasteiger partial charge on any atom is -0.322 e. The van der Waals surface area contributed by atoms with Crippen molar-refractivity contribution in [2.45, 2.75) is 6.42 Å². The molecule has 2 N–H and O–H groups in total. The van der Waals surface area contributed by atoms with E-state index in [0.717, 1.165) is 16.5 Å². The summed E-state index contributed by atoms with van der Waals surface area (Å²) in [5.41, 5.74) is 5.34. The van der Waals surface area contributed by atoms with Crippen LogP contribution < -0.4 is 11.0 Å². The third-order valence-electron chi connectivity index (χ3n) is 3.51. The molecule has 1 heterocycles. The minimum atomic E-state index is -0.303. The summed E-state index contributed by atoms with van der Waals surface area (Å²) in [7, 11) is 0. The molecule has 1 aromatic heterocycles. The first-order valence-electron chi connectivity index (χ1n) is 6.79. The quantitative estimate of drug-likeness (QED) is 0.573. The maximum absolute atomic E-state index is 13.0. The van der Waals surface area contributed by atoms with Gasteiger partial charge in [0.1, 0.15) is 5.82 Å². The molecule has 0 spiro atoms. The second-order valence-corrected chi connectivity index (χ2v) is 4.93. The molecule has 0 saturated carbocycles. The van der Waals surface area contributed by atoms with Gasteiger partial charge >= 0.3 is 0 Å². The first-order valence-corrected chi connectivity index (χ1v) is 6.79. The van der Waals surface area contributed by atoms with Gasteiger partial charge in [0.15, 0.2) is 0 Å². The van der Waals surface area contributed by atoms with E-state index in [-0.39, 0.29) is 11.4 Å². The molecule has 0 aliphatic carbocycles. The van der Waals surface area contributed by atoms with Gasteiger partial charge in [-0.05, 0) is 23.8 Å². The van der Waals surface area contributed by atoms with Crippen molar-refractivity contribution >= 4 is 23.3 Å². The van der Waals surface area contributed by atoms with Gasteiger partial charge in [-0.3, -0.25) is 10.2 Å². The van der Waals surface area contributed by atoms with E-state index in [0.29, 0.717) is 17.7 Å². The first kappa shape index (κ1) is 14.0. The predicted molar refractivity (Wildman–Crippen MR) is 86.9 cm³/mol. The molecule has 0 radical (unpaired) electrons. The molecule has 0 atom stereocenters. The third kappa shape index (κ3) is 2.61. The number of nitrogens with one attached hydrogen (secondary N) is 2. The normalized spacial score (nSPS) is 10.6. The molecule has 0 saturated heterocycles. The smallest absolute Gasteiger partial charge is 0.254 e. The van der Waals surface area contributed by atoms with Crippen LogP contribution >= 0.6 is 0 Å². The van der Waals surface area contributed by atoms with Gasteiger partial charge in [-0.25, -0.2) is 4.39 Å². The summed E-state index contributed by atoms with van der Waals surface area (Å²) < 4.78 is 13.0. The summed E-state index contributed by atoms with van der Waals surface area (Å²) in [6, 6.07) is 13.5. The van der Waals surface area contributed by atoms with Crippen LogP contribution in [0, 0.1) is 5.82 Å². The molecule has 2 aromatic carbocycles. The van der Waals surface area contributed by atoms with Gasteiger partial charge in [-0.15, -0.1) is 0 Å². The van der Waals surface area contributed by atoms with Crippen LogP contribution in [-0.4, -0.2) is 11.7 Å². The van der Waals surface area contributed by atoms with E-state index in [2.05, 4.69) is 22.2 Å². The lowest BCUT2D eigenvalue weighted by atomic mass is 10.0. The molecular formula is C17H14FN3O. The highest BCUT2D eigenvalue weighted by Gasteiger charge is 2.12. The average molecular weight is 295 g/mol. The summed E-state index contributed by atoms with van der Waals surface area (Å²) in [4.78, 5) is 15.2. The SMILES string of the molecule is C=NNc1c(Cc2ccc(F)cc2)c(=O)[nH]c2ccccc12. The fourth-order valence-corrected chi connectivity index (χ4v) is 2.47. The van der Waals surface area contributed by atoms with Crippen molar-refractivity contribution < 1.29 is 4.39 Å². The summed E-state index contributed by atoms with van der Waals surface area (Å²) in [5, 5.41) is 4.55. The molecule has 0 unspecified atom stereocenters. The van der Waals surface area contributed by atoms with E-state index >= 15 is 0 Å². The topological polar surface area (TPSA) is 57.2 Å². The van der Waals surface area contributed by atoms with Gasteiger partial charge in [0.25, 0.3) is 5.56 Å². The number of H-pyrrole nitrogens is 1. The summed E-state index contributed by atoms with van der Waals surface area (Å²) in [6.07, 6.45) is 0.373. The average Bonchev–Trinajstić information content (AvgIpc) is 2.52. The summed E-state index contributed by atoms with van der Waals surface area (Å²) in [5.74, 6) is -0.303. The van der Waals surface area contributed by atoms with Crippen LogP contribution in [0.1, 0.15) is 11.1 Å². The van der Waals surface area contributed by atoms with Gasteiger partial charge in [0, 0.05) is 24.1 Å². The number of aromatic nitrogens is 1. The molecule has 0 fully saturated rings. The number of benzene rings is 2. The van der Waals surface area contributed by atoms with Crippen LogP contribution in [0.2, 0.25) is 0 Å². The monoisotopic (exact) mass is 295 g/mol. The molecule has 4 nitrogen and oxygen atoms in total. The number of rotatable bonds is 4. The van der Waals surface area contributed by atoms with E-state index in [1.165, 1.54) is 12.1 Å². The Morgan fingerprint density at radius 2 is 1.86 bits per heavy atom. The fraction of sp³-hybridized carbons (Fsp3) is 0.0588. The highest BCUT2D eigenvalue weighted by molar-refractivity contribution is 5.92. The zero-order valence-corrected chi connectivity index (χ0v) is 11.8. The lowest BCUT2D eigenvalue weighted by Crippen LogP contribution is -2.16. The zero-order valence-electron chi connectivity index (χ0n) is 11.8. The molecule has 3 rings (SSSR count). The van der Waals surface area contributed by atoms with Crippen LogP contribution in [0.25, 0.3) is 10.9 Å². The molecular weight excluding hydrogens is 281 g/mol. The van der Waals surface area contributed by atoms with Crippen molar-refractivity contribution in [2.24, 2.45) is 5.10 Å². The number of hydrogen-bond donors (Lipinski definition) is 2.